The van der Waals surface area contributed by atoms with E-state index in [0.29, 0.717) is 0 Å². The summed E-state index contributed by atoms with van der Waals surface area (Å²) in [6.45, 7) is 6.80. The molecule has 0 heteroatoms. The lowest BCUT2D eigenvalue weighted by molar-refractivity contribution is 0.483. The Labute approximate surface area is 104 Å². The average Bonchev–Trinajstić information content (AvgIpc) is 2.32. The average molecular weight is 225 g/mol. The molecule has 0 fully saturated rings. The van der Waals surface area contributed by atoms with Crippen LogP contribution in [0.3, 0.4) is 0 Å². The second kappa shape index (κ2) is 13.1. The van der Waals surface area contributed by atoms with Crippen molar-refractivity contribution in [1.82, 2.24) is 0 Å². The molecule has 0 spiro atoms. The first-order chi connectivity index (χ1) is 7.85. The number of hydrogen-bond donors (Lipinski definition) is 0. The number of hydrogen-bond acceptors (Lipinski definition) is 0. The maximum Gasteiger partial charge on any atom is -0.0386 e. The first-order valence-corrected chi connectivity index (χ1v) is 7.64. The Morgan fingerprint density at radius 1 is 0.750 bits per heavy atom. The topological polar surface area (TPSA) is 0 Å². The van der Waals surface area contributed by atoms with Crippen molar-refractivity contribution in [3.63, 3.8) is 0 Å². The van der Waals surface area contributed by atoms with Gasteiger partial charge in [-0.05, 0) is 12.3 Å². The molecule has 0 aromatic heterocycles. The quantitative estimate of drug-likeness (QED) is 0.349. The molecule has 97 valence electrons. The summed E-state index contributed by atoms with van der Waals surface area (Å²) in [7, 11) is 0. The Morgan fingerprint density at radius 2 is 1.25 bits per heavy atom. The van der Waals surface area contributed by atoms with Crippen LogP contribution in [0.5, 0.6) is 0 Å². The second-order valence-electron chi connectivity index (χ2n) is 5.12. The maximum absolute atomic E-state index is 2.38. The van der Waals surface area contributed by atoms with Crippen LogP contribution >= 0.6 is 0 Å². The summed E-state index contributed by atoms with van der Waals surface area (Å²) < 4.78 is 0. The second-order valence-corrected chi connectivity index (χ2v) is 5.12. The van der Waals surface area contributed by atoms with Gasteiger partial charge in [0.05, 0.1) is 0 Å². The zero-order chi connectivity index (χ0) is 12.1. The van der Waals surface area contributed by atoms with Crippen molar-refractivity contribution in [1.29, 1.82) is 0 Å². The summed E-state index contributed by atoms with van der Waals surface area (Å²) in [6.07, 6.45) is 18.2. The van der Waals surface area contributed by atoms with Gasteiger partial charge in [0.25, 0.3) is 0 Å². The molecule has 0 aliphatic carbocycles. The van der Waals surface area contributed by atoms with Gasteiger partial charge in [-0.25, -0.2) is 0 Å². The Bertz CT molecular complexity index is 113. The standard InChI is InChI=1S/C16H33/c1-4-7-8-9-10-11-12-13-14-15-16(5-2)6-3/h5,16H,4,6-15H2,1-3H3. The SMILES string of the molecule is C[CH]C(CC)CCCCCCCCCCC. The van der Waals surface area contributed by atoms with Gasteiger partial charge in [-0.1, -0.05) is 91.4 Å². The van der Waals surface area contributed by atoms with Gasteiger partial charge >= 0.3 is 0 Å². The highest BCUT2D eigenvalue weighted by Crippen LogP contribution is 2.17. The van der Waals surface area contributed by atoms with Crippen LogP contribution in [-0.2, 0) is 0 Å². The Hall–Kier alpha value is 0. The molecule has 0 rings (SSSR count). The molecule has 0 saturated heterocycles. The minimum absolute atomic E-state index is 0.879. The summed E-state index contributed by atoms with van der Waals surface area (Å²) in [5.41, 5.74) is 0. The molecule has 1 radical (unpaired) electrons. The van der Waals surface area contributed by atoms with Crippen molar-refractivity contribution < 1.29 is 0 Å². The molecule has 0 aliphatic heterocycles. The Balaban J connectivity index is 3.03. The molecule has 1 unspecified atom stereocenters. The highest BCUT2D eigenvalue weighted by Gasteiger charge is 2.02. The third kappa shape index (κ3) is 10.5. The zero-order valence-corrected chi connectivity index (χ0v) is 11.9. The molecule has 0 aromatic rings. The maximum atomic E-state index is 2.38. The monoisotopic (exact) mass is 225 g/mol. The van der Waals surface area contributed by atoms with E-state index in [4.69, 9.17) is 0 Å². The van der Waals surface area contributed by atoms with E-state index in [1.54, 1.807) is 0 Å². The summed E-state index contributed by atoms with van der Waals surface area (Å²) >= 11 is 0. The molecule has 0 amide bonds. The Kier molecular flexibility index (Phi) is 13.1. The van der Waals surface area contributed by atoms with Crippen LogP contribution in [-0.4, -0.2) is 0 Å². The van der Waals surface area contributed by atoms with Gasteiger partial charge in [0.2, 0.25) is 0 Å². The predicted octanol–water partition coefficient (Wildman–Crippen LogP) is 6.16. The van der Waals surface area contributed by atoms with Crippen molar-refractivity contribution in [3.8, 4) is 0 Å². The number of rotatable bonds is 12. The van der Waals surface area contributed by atoms with E-state index < -0.39 is 0 Å². The highest BCUT2D eigenvalue weighted by atomic mass is 14.1. The minimum atomic E-state index is 0.879. The van der Waals surface area contributed by atoms with E-state index >= 15 is 0 Å². The molecule has 0 N–H and O–H groups in total. The predicted molar refractivity (Wildman–Crippen MR) is 75.6 cm³/mol. The van der Waals surface area contributed by atoms with Gasteiger partial charge in [0, 0.05) is 0 Å². The Morgan fingerprint density at radius 3 is 1.69 bits per heavy atom. The minimum Gasteiger partial charge on any atom is -0.0654 e. The summed E-state index contributed by atoms with van der Waals surface area (Å²) in [4.78, 5) is 0. The molecule has 0 saturated carbocycles. The van der Waals surface area contributed by atoms with Crippen molar-refractivity contribution in [3.05, 3.63) is 6.42 Å². The van der Waals surface area contributed by atoms with Crippen LogP contribution < -0.4 is 0 Å². The van der Waals surface area contributed by atoms with Gasteiger partial charge in [0.15, 0.2) is 0 Å². The van der Waals surface area contributed by atoms with E-state index in [1.165, 1.54) is 70.6 Å². The van der Waals surface area contributed by atoms with Crippen molar-refractivity contribution in [2.75, 3.05) is 0 Å². The molecule has 0 bridgehead atoms. The van der Waals surface area contributed by atoms with Gasteiger partial charge in [0.1, 0.15) is 0 Å². The normalized spacial score (nSPS) is 11.2. The van der Waals surface area contributed by atoms with Crippen LogP contribution in [0.25, 0.3) is 0 Å². The lowest BCUT2D eigenvalue weighted by Crippen LogP contribution is -1.96. The molecule has 0 heterocycles. The van der Waals surface area contributed by atoms with Crippen LogP contribution in [0.4, 0.5) is 0 Å². The largest absolute Gasteiger partial charge is 0.0654 e. The fourth-order valence-electron chi connectivity index (χ4n) is 2.32. The first kappa shape index (κ1) is 16.0. The summed E-state index contributed by atoms with van der Waals surface area (Å²) in [5.74, 6) is 0.879. The van der Waals surface area contributed by atoms with E-state index in [9.17, 15) is 0 Å². The van der Waals surface area contributed by atoms with Gasteiger partial charge < -0.3 is 0 Å². The third-order valence-electron chi connectivity index (χ3n) is 3.67. The van der Waals surface area contributed by atoms with Crippen molar-refractivity contribution in [2.45, 2.75) is 91.4 Å². The van der Waals surface area contributed by atoms with E-state index in [1.807, 2.05) is 0 Å². The molecule has 1 atom stereocenters. The van der Waals surface area contributed by atoms with Gasteiger partial charge in [-0.15, -0.1) is 0 Å². The van der Waals surface area contributed by atoms with E-state index in [2.05, 4.69) is 27.2 Å². The van der Waals surface area contributed by atoms with Crippen LogP contribution in [0.1, 0.15) is 91.4 Å². The van der Waals surface area contributed by atoms with Crippen molar-refractivity contribution in [2.24, 2.45) is 5.92 Å². The summed E-state index contributed by atoms with van der Waals surface area (Å²) in [5, 5.41) is 0. The first-order valence-electron chi connectivity index (χ1n) is 7.64. The smallest absolute Gasteiger partial charge is 0.0386 e. The lowest BCUT2D eigenvalue weighted by Gasteiger charge is -2.10. The third-order valence-corrected chi connectivity index (χ3v) is 3.67. The molecule has 16 heavy (non-hydrogen) atoms. The molecule has 0 nitrogen and oxygen atoms in total. The van der Waals surface area contributed by atoms with Crippen LogP contribution in [0, 0.1) is 12.3 Å². The fraction of sp³-hybridized carbons (Fsp3) is 0.938. The molecule has 0 aromatic carbocycles. The van der Waals surface area contributed by atoms with Crippen molar-refractivity contribution >= 4 is 0 Å². The molecular formula is C16H33. The fourth-order valence-corrected chi connectivity index (χ4v) is 2.32. The van der Waals surface area contributed by atoms with Crippen LogP contribution in [0.15, 0.2) is 0 Å². The lowest BCUT2D eigenvalue weighted by atomic mass is 9.95. The van der Waals surface area contributed by atoms with E-state index in [0.717, 1.165) is 5.92 Å². The van der Waals surface area contributed by atoms with Crippen LogP contribution in [0.2, 0.25) is 0 Å². The molecule has 0 aliphatic rings. The van der Waals surface area contributed by atoms with Gasteiger partial charge in [-0.3, -0.25) is 0 Å². The van der Waals surface area contributed by atoms with Gasteiger partial charge in [-0.2, -0.15) is 0 Å². The molecular weight excluding hydrogens is 192 g/mol. The van der Waals surface area contributed by atoms with E-state index in [-0.39, 0.29) is 0 Å². The summed E-state index contributed by atoms with van der Waals surface area (Å²) in [6, 6.07) is 0. The highest BCUT2D eigenvalue weighted by molar-refractivity contribution is 4.69. The zero-order valence-electron chi connectivity index (χ0n) is 11.9. The number of unbranched alkanes of at least 4 members (excludes halogenated alkanes) is 8.